The van der Waals surface area contributed by atoms with Gasteiger partial charge in [-0.05, 0) is 19.1 Å². The highest BCUT2D eigenvalue weighted by Crippen LogP contribution is 2.32. The molecule has 2 rings (SSSR count). The normalized spacial score (nSPS) is 10.2. The molecule has 0 saturated heterocycles. The molecule has 0 unspecified atom stereocenters. The van der Waals surface area contributed by atoms with Gasteiger partial charge in [-0.1, -0.05) is 0 Å². The lowest BCUT2D eigenvalue weighted by Gasteiger charge is -2.08. The molecule has 0 aliphatic heterocycles. The molecule has 2 aromatic rings. The van der Waals surface area contributed by atoms with Crippen LogP contribution in [-0.2, 0) is 0 Å². The number of anilines is 2. The van der Waals surface area contributed by atoms with Crippen molar-refractivity contribution in [2.24, 2.45) is 0 Å². The van der Waals surface area contributed by atoms with Crippen molar-refractivity contribution in [2.75, 3.05) is 11.9 Å². The molecule has 1 aromatic heterocycles. The second-order valence-corrected chi connectivity index (χ2v) is 3.82. The van der Waals surface area contributed by atoms with Crippen LogP contribution in [0.5, 0.6) is 5.88 Å². The van der Waals surface area contributed by atoms with Crippen LogP contribution in [0.25, 0.3) is 0 Å². The predicted octanol–water partition coefficient (Wildman–Crippen LogP) is 2.81. The molecule has 1 heterocycles. The van der Waals surface area contributed by atoms with E-state index in [1.807, 2.05) is 0 Å². The van der Waals surface area contributed by atoms with Crippen molar-refractivity contribution < 1.29 is 18.4 Å². The largest absolute Gasteiger partial charge is 0.473 e. The molecule has 0 aliphatic rings. The molecule has 0 radical (unpaired) electrons. The standard InChI is InChI=1S/C12H10F2N4O3/c1-2-21-12-10(18(19)20)11(15-6-16-12)17-7-3-4-8(13)9(14)5-7/h3-6H,2H2,1H3,(H,15,16,17). The average Bonchev–Trinajstić information content (AvgIpc) is 2.43. The lowest BCUT2D eigenvalue weighted by molar-refractivity contribution is -0.385. The quantitative estimate of drug-likeness (QED) is 0.674. The molecule has 0 amide bonds. The zero-order valence-corrected chi connectivity index (χ0v) is 10.8. The minimum atomic E-state index is -1.08. The molecule has 9 heteroatoms. The lowest BCUT2D eigenvalue weighted by Crippen LogP contribution is -2.05. The molecule has 0 bridgehead atoms. The number of rotatable bonds is 5. The minimum absolute atomic E-state index is 0.109. The Balaban J connectivity index is 2.41. The second kappa shape index (κ2) is 6.07. The van der Waals surface area contributed by atoms with Crippen molar-refractivity contribution in [2.45, 2.75) is 6.92 Å². The molecule has 1 N–H and O–H groups in total. The van der Waals surface area contributed by atoms with Crippen LogP contribution in [0.15, 0.2) is 24.5 Å². The number of halogens is 2. The fourth-order valence-corrected chi connectivity index (χ4v) is 1.57. The summed E-state index contributed by atoms with van der Waals surface area (Å²) in [5.74, 6) is -2.48. The zero-order valence-electron chi connectivity index (χ0n) is 10.8. The molecule has 1 aromatic carbocycles. The monoisotopic (exact) mass is 296 g/mol. The van der Waals surface area contributed by atoms with Crippen molar-refractivity contribution in [1.29, 1.82) is 0 Å². The number of nitrogens with zero attached hydrogens (tertiary/aromatic N) is 3. The van der Waals surface area contributed by atoms with Crippen LogP contribution in [0.3, 0.4) is 0 Å². The third-order valence-corrected chi connectivity index (χ3v) is 2.43. The van der Waals surface area contributed by atoms with E-state index in [1.54, 1.807) is 6.92 Å². The zero-order chi connectivity index (χ0) is 15.4. The van der Waals surface area contributed by atoms with Crippen LogP contribution in [0.1, 0.15) is 6.92 Å². The Kier molecular flexibility index (Phi) is 4.21. The summed E-state index contributed by atoms with van der Waals surface area (Å²) in [6, 6.07) is 2.99. The summed E-state index contributed by atoms with van der Waals surface area (Å²) in [6.45, 7) is 1.83. The first-order valence-electron chi connectivity index (χ1n) is 5.87. The molecule has 0 spiro atoms. The van der Waals surface area contributed by atoms with E-state index >= 15 is 0 Å². The van der Waals surface area contributed by atoms with Crippen molar-refractivity contribution in [3.8, 4) is 5.88 Å². The Labute approximate surface area is 117 Å². The van der Waals surface area contributed by atoms with E-state index in [9.17, 15) is 18.9 Å². The van der Waals surface area contributed by atoms with Gasteiger partial charge in [0.05, 0.1) is 11.5 Å². The van der Waals surface area contributed by atoms with Gasteiger partial charge in [0.1, 0.15) is 6.33 Å². The summed E-state index contributed by atoms with van der Waals surface area (Å²) >= 11 is 0. The van der Waals surface area contributed by atoms with Crippen LogP contribution in [0, 0.1) is 21.7 Å². The highest BCUT2D eigenvalue weighted by atomic mass is 19.2. The molecule has 0 aliphatic carbocycles. The summed E-state index contributed by atoms with van der Waals surface area (Å²) in [6.07, 6.45) is 1.07. The van der Waals surface area contributed by atoms with Crippen LogP contribution in [-0.4, -0.2) is 21.5 Å². The van der Waals surface area contributed by atoms with Crippen molar-refractivity contribution in [3.05, 3.63) is 46.3 Å². The van der Waals surface area contributed by atoms with Crippen molar-refractivity contribution in [1.82, 2.24) is 9.97 Å². The highest BCUT2D eigenvalue weighted by molar-refractivity contribution is 5.68. The summed E-state index contributed by atoms with van der Waals surface area (Å²) in [7, 11) is 0. The molecular formula is C12H10F2N4O3. The molecule has 110 valence electrons. The molecule has 0 atom stereocenters. The van der Waals surface area contributed by atoms with Gasteiger partial charge in [0.15, 0.2) is 11.6 Å². The predicted molar refractivity (Wildman–Crippen MR) is 69.5 cm³/mol. The Morgan fingerprint density at radius 1 is 1.33 bits per heavy atom. The van der Waals surface area contributed by atoms with E-state index in [0.717, 1.165) is 18.5 Å². The van der Waals surface area contributed by atoms with E-state index in [0.29, 0.717) is 0 Å². The molecular weight excluding hydrogens is 286 g/mol. The van der Waals surface area contributed by atoms with Gasteiger partial charge >= 0.3 is 5.69 Å². The van der Waals surface area contributed by atoms with Crippen LogP contribution >= 0.6 is 0 Å². The van der Waals surface area contributed by atoms with Gasteiger partial charge in [-0.25, -0.2) is 13.8 Å². The number of benzene rings is 1. The number of hydrogen-bond donors (Lipinski definition) is 1. The van der Waals surface area contributed by atoms with E-state index in [4.69, 9.17) is 4.74 Å². The van der Waals surface area contributed by atoms with Crippen molar-refractivity contribution >= 4 is 17.2 Å². The maximum atomic E-state index is 13.1. The fourth-order valence-electron chi connectivity index (χ4n) is 1.57. The molecule has 0 fully saturated rings. The Bertz CT molecular complexity index is 682. The summed E-state index contributed by atoms with van der Waals surface area (Å²) in [5.41, 5.74) is -0.373. The SMILES string of the molecule is CCOc1ncnc(Nc2ccc(F)c(F)c2)c1[N+](=O)[O-]. The molecule has 0 saturated carbocycles. The van der Waals surface area contributed by atoms with Crippen LogP contribution in [0.2, 0.25) is 0 Å². The second-order valence-electron chi connectivity index (χ2n) is 3.82. The molecule has 7 nitrogen and oxygen atoms in total. The lowest BCUT2D eigenvalue weighted by atomic mass is 10.3. The third kappa shape index (κ3) is 3.19. The van der Waals surface area contributed by atoms with E-state index in [2.05, 4.69) is 15.3 Å². The van der Waals surface area contributed by atoms with E-state index in [-0.39, 0.29) is 24.0 Å². The van der Waals surface area contributed by atoms with Gasteiger partial charge in [-0.2, -0.15) is 4.98 Å². The van der Waals surface area contributed by atoms with E-state index in [1.165, 1.54) is 6.07 Å². The van der Waals surface area contributed by atoms with Gasteiger partial charge in [0.25, 0.3) is 5.88 Å². The Morgan fingerprint density at radius 2 is 2.10 bits per heavy atom. The van der Waals surface area contributed by atoms with Gasteiger partial charge in [0, 0.05) is 11.8 Å². The maximum absolute atomic E-state index is 13.1. The van der Waals surface area contributed by atoms with Crippen LogP contribution < -0.4 is 10.1 Å². The van der Waals surface area contributed by atoms with Gasteiger partial charge in [-0.3, -0.25) is 10.1 Å². The maximum Gasteiger partial charge on any atom is 0.373 e. The first-order valence-corrected chi connectivity index (χ1v) is 5.87. The average molecular weight is 296 g/mol. The van der Waals surface area contributed by atoms with E-state index < -0.39 is 22.2 Å². The number of nitrogens with one attached hydrogen (secondary N) is 1. The van der Waals surface area contributed by atoms with Gasteiger partial charge in [0.2, 0.25) is 5.82 Å². The third-order valence-electron chi connectivity index (χ3n) is 2.43. The summed E-state index contributed by atoms with van der Waals surface area (Å²) in [4.78, 5) is 17.8. The number of nitro groups is 1. The first kappa shape index (κ1) is 14.6. The first-order chi connectivity index (χ1) is 10.0. The highest BCUT2D eigenvalue weighted by Gasteiger charge is 2.24. The summed E-state index contributed by atoms with van der Waals surface area (Å²) in [5, 5.41) is 13.6. The van der Waals surface area contributed by atoms with Gasteiger partial charge < -0.3 is 10.1 Å². The number of aromatic nitrogens is 2. The Hall–Kier alpha value is -2.84. The Morgan fingerprint density at radius 3 is 2.71 bits per heavy atom. The van der Waals surface area contributed by atoms with Crippen molar-refractivity contribution in [3.63, 3.8) is 0 Å². The topological polar surface area (TPSA) is 90.2 Å². The fraction of sp³-hybridized carbons (Fsp3) is 0.167. The van der Waals surface area contributed by atoms with Crippen LogP contribution in [0.4, 0.5) is 26.0 Å². The minimum Gasteiger partial charge on any atom is -0.473 e. The summed E-state index contributed by atoms with van der Waals surface area (Å²) < 4.78 is 31.0. The molecule has 21 heavy (non-hydrogen) atoms. The van der Waals surface area contributed by atoms with Gasteiger partial charge in [-0.15, -0.1) is 0 Å². The smallest absolute Gasteiger partial charge is 0.373 e. The number of hydrogen-bond acceptors (Lipinski definition) is 6. The number of ether oxygens (including phenoxy) is 1.